The second-order valence-electron chi connectivity index (χ2n) is 9.81. The van der Waals surface area contributed by atoms with Crippen molar-refractivity contribution >= 4 is 22.7 Å². The summed E-state index contributed by atoms with van der Waals surface area (Å²) >= 11 is 0. The number of ether oxygens (including phenoxy) is 2. The van der Waals surface area contributed by atoms with E-state index in [-0.39, 0.29) is 18.6 Å². The number of aromatic nitrogens is 3. The van der Waals surface area contributed by atoms with E-state index in [2.05, 4.69) is 15.6 Å². The summed E-state index contributed by atoms with van der Waals surface area (Å²) in [6, 6.07) is 3.58. The molecular formula is C26H35N5O5. The molecule has 4 N–H and O–H groups in total. The van der Waals surface area contributed by atoms with Crippen LogP contribution in [0.4, 0.5) is 11.8 Å². The monoisotopic (exact) mass is 497 g/mol. The summed E-state index contributed by atoms with van der Waals surface area (Å²) in [6.07, 6.45) is 1.74. The van der Waals surface area contributed by atoms with Crippen molar-refractivity contribution < 1.29 is 24.1 Å². The van der Waals surface area contributed by atoms with Crippen LogP contribution in [0.2, 0.25) is 0 Å². The largest absolute Gasteiger partial charge is 0.478 e. The highest BCUT2D eigenvalue weighted by atomic mass is 16.5. The van der Waals surface area contributed by atoms with E-state index in [1.807, 2.05) is 32.9 Å². The minimum absolute atomic E-state index is 0.110. The van der Waals surface area contributed by atoms with Crippen LogP contribution in [-0.2, 0) is 4.74 Å². The van der Waals surface area contributed by atoms with Gasteiger partial charge in [-0.15, -0.1) is 0 Å². The molecule has 2 aliphatic carbocycles. The van der Waals surface area contributed by atoms with E-state index < -0.39 is 12.2 Å². The maximum absolute atomic E-state index is 10.6. The number of anilines is 2. The Bertz CT molecular complexity index is 1230. The highest BCUT2D eigenvalue weighted by Crippen LogP contribution is 2.39. The molecule has 0 saturated heterocycles. The summed E-state index contributed by atoms with van der Waals surface area (Å²) in [6.45, 7) is 7.01. The van der Waals surface area contributed by atoms with Gasteiger partial charge in [0.15, 0.2) is 5.58 Å². The molecule has 3 aromatic rings. The molecule has 0 unspecified atom stereocenters. The third-order valence-corrected chi connectivity index (χ3v) is 7.12. The molecule has 0 aromatic carbocycles. The Hall–Kier alpha value is -2.95. The Morgan fingerprint density at radius 3 is 2.64 bits per heavy atom. The molecule has 5 rings (SSSR count). The lowest BCUT2D eigenvalue weighted by molar-refractivity contribution is -0.0200. The first-order valence-electron chi connectivity index (χ1n) is 12.7. The van der Waals surface area contributed by atoms with Crippen molar-refractivity contribution in [1.82, 2.24) is 15.0 Å². The Balaban J connectivity index is 1.55. The number of hydrogen-bond donors (Lipinski definition) is 4. The van der Waals surface area contributed by atoms with Gasteiger partial charge in [-0.3, -0.25) is 0 Å². The van der Waals surface area contributed by atoms with Gasteiger partial charge in [0.25, 0.3) is 0 Å². The molecule has 2 fully saturated rings. The molecule has 0 amide bonds. The Kier molecular flexibility index (Phi) is 7.00. The molecule has 36 heavy (non-hydrogen) atoms. The molecule has 4 atom stereocenters. The number of fused-ring (bicyclic) bond motifs is 1. The number of hydrogen-bond acceptors (Lipinski definition) is 10. The molecule has 10 nitrogen and oxygen atoms in total. The zero-order valence-electron chi connectivity index (χ0n) is 21.2. The lowest BCUT2D eigenvalue weighted by Gasteiger charge is -2.24. The Morgan fingerprint density at radius 1 is 1.14 bits per heavy atom. The number of furan rings is 1. The molecule has 194 valence electrons. The van der Waals surface area contributed by atoms with Crippen LogP contribution in [-0.4, -0.2) is 70.3 Å². The summed E-state index contributed by atoms with van der Waals surface area (Å²) in [5.41, 5.74) is 2.91. The van der Waals surface area contributed by atoms with Gasteiger partial charge in [-0.25, -0.2) is 9.97 Å². The standard InChI is InChI=1S/C26H35N5O5/c1-5-35-20-10-16-9-19(36-23(16)14(3)28-20)21-13(2)29-26(27-11-15-6-7-15)31-25(21)30-18-8-17(12-32)22(33)24(18)34-4/h9-10,15,17-18,22,24,32-33H,5-8,11-12H2,1-4H3,(H2,27,29,30,31)/t17-,18-,22-,24+/m1/s1. The topological polar surface area (TPSA) is 135 Å². The van der Waals surface area contributed by atoms with Gasteiger partial charge < -0.3 is 34.7 Å². The smallest absolute Gasteiger partial charge is 0.224 e. The third kappa shape index (κ3) is 4.85. The number of methoxy groups -OCH3 is 1. The highest BCUT2D eigenvalue weighted by Gasteiger charge is 2.43. The van der Waals surface area contributed by atoms with Crippen molar-refractivity contribution in [3.63, 3.8) is 0 Å². The average Bonchev–Trinajstić information content (AvgIpc) is 3.50. The van der Waals surface area contributed by atoms with E-state index in [1.165, 1.54) is 12.8 Å². The lowest BCUT2D eigenvalue weighted by Crippen LogP contribution is -2.37. The number of aliphatic hydroxyl groups excluding tert-OH is 2. The van der Waals surface area contributed by atoms with E-state index in [0.29, 0.717) is 47.9 Å². The normalized spacial score (nSPS) is 23.8. The molecule has 0 radical (unpaired) electrons. The zero-order valence-corrected chi connectivity index (χ0v) is 21.2. The molecule has 0 bridgehead atoms. The maximum Gasteiger partial charge on any atom is 0.224 e. The fourth-order valence-corrected chi connectivity index (χ4v) is 5.04. The van der Waals surface area contributed by atoms with Gasteiger partial charge >= 0.3 is 0 Å². The van der Waals surface area contributed by atoms with Crippen molar-refractivity contribution in [2.75, 3.05) is 37.5 Å². The second kappa shape index (κ2) is 10.2. The lowest BCUT2D eigenvalue weighted by atomic mass is 10.1. The molecule has 0 spiro atoms. The minimum atomic E-state index is -0.770. The van der Waals surface area contributed by atoms with Crippen molar-refractivity contribution in [1.29, 1.82) is 0 Å². The molecule has 3 aromatic heterocycles. The van der Waals surface area contributed by atoms with Crippen molar-refractivity contribution in [2.24, 2.45) is 11.8 Å². The predicted molar refractivity (Wildman–Crippen MR) is 136 cm³/mol. The third-order valence-electron chi connectivity index (χ3n) is 7.12. The fraction of sp³-hybridized carbons (Fsp3) is 0.577. The van der Waals surface area contributed by atoms with Gasteiger partial charge in [0, 0.05) is 37.6 Å². The van der Waals surface area contributed by atoms with Crippen LogP contribution in [0.1, 0.15) is 37.6 Å². The van der Waals surface area contributed by atoms with Crippen molar-refractivity contribution in [3.8, 4) is 17.2 Å². The number of pyridine rings is 1. The van der Waals surface area contributed by atoms with E-state index >= 15 is 0 Å². The number of aryl methyl sites for hydroxylation is 2. The number of rotatable bonds is 10. The molecule has 3 heterocycles. The van der Waals surface area contributed by atoms with Gasteiger partial charge in [0.05, 0.1) is 35.7 Å². The van der Waals surface area contributed by atoms with Crippen molar-refractivity contribution in [3.05, 3.63) is 23.5 Å². The molecule has 2 aliphatic rings. The Morgan fingerprint density at radius 2 is 1.94 bits per heavy atom. The summed E-state index contributed by atoms with van der Waals surface area (Å²) < 4.78 is 17.5. The Labute approximate surface area is 210 Å². The van der Waals surface area contributed by atoms with Crippen LogP contribution in [0, 0.1) is 25.7 Å². The van der Waals surface area contributed by atoms with Crippen LogP contribution >= 0.6 is 0 Å². The van der Waals surface area contributed by atoms with E-state index in [9.17, 15) is 10.2 Å². The minimum Gasteiger partial charge on any atom is -0.478 e. The first kappa shape index (κ1) is 24.7. The number of nitrogens with zero attached hydrogens (tertiary/aromatic N) is 3. The van der Waals surface area contributed by atoms with Crippen molar-refractivity contribution in [2.45, 2.75) is 58.3 Å². The summed E-state index contributed by atoms with van der Waals surface area (Å²) in [5, 5.41) is 28.1. The maximum atomic E-state index is 10.6. The number of aliphatic hydroxyl groups is 2. The number of nitrogens with one attached hydrogen (secondary N) is 2. The van der Waals surface area contributed by atoms with Gasteiger partial charge in [-0.05, 0) is 52.0 Å². The fourth-order valence-electron chi connectivity index (χ4n) is 5.04. The summed E-state index contributed by atoms with van der Waals surface area (Å²) in [4.78, 5) is 14.0. The van der Waals surface area contributed by atoms with Gasteiger partial charge in [0.2, 0.25) is 11.8 Å². The summed E-state index contributed by atoms with van der Waals surface area (Å²) in [7, 11) is 1.57. The first-order valence-corrected chi connectivity index (χ1v) is 12.7. The highest BCUT2D eigenvalue weighted by molar-refractivity contribution is 5.88. The van der Waals surface area contributed by atoms with Crippen LogP contribution < -0.4 is 15.4 Å². The van der Waals surface area contributed by atoms with E-state index in [4.69, 9.17) is 23.9 Å². The van der Waals surface area contributed by atoms with Crippen LogP contribution in [0.15, 0.2) is 16.5 Å². The quantitative estimate of drug-likeness (QED) is 0.330. The van der Waals surface area contributed by atoms with Gasteiger partial charge in [-0.1, -0.05) is 0 Å². The predicted octanol–water partition coefficient (Wildman–Crippen LogP) is 3.29. The second-order valence-corrected chi connectivity index (χ2v) is 9.81. The molecule has 10 heteroatoms. The average molecular weight is 498 g/mol. The SMILES string of the molecule is CCOc1cc2cc(-c3c(C)nc(NCC4CC4)nc3N[C@@H]3C[C@H](CO)[C@@H](O)[C@H]3OC)oc2c(C)n1. The molecule has 0 aliphatic heterocycles. The molecule has 2 saturated carbocycles. The zero-order chi connectivity index (χ0) is 25.4. The van der Waals surface area contributed by atoms with Crippen LogP contribution in [0.3, 0.4) is 0 Å². The molecular weight excluding hydrogens is 462 g/mol. The van der Waals surface area contributed by atoms with E-state index in [1.54, 1.807) is 7.11 Å². The van der Waals surface area contributed by atoms with Crippen LogP contribution in [0.25, 0.3) is 22.3 Å². The van der Waals surface area contributed by atoms with Gasteiger partial charge in [0.1, 0.15) is 17.7 Å². The van der Waals surface area contributed by atoms with Crippen LogP contribution in [0.5, 0.6) is 5.88 Å². The first-order chi connectivity index (χ1) is 17.4. The summed E-state index contributed by atoms with van der Waals surface area (Å²) in [5.74, 6) is 2.70. The van der Waals surface area contributed by atoms with Gasteiger partial charge in [-0.2, -0.15) is 4.98 Å². The van der Waals surface area contributed by atoms with E-state index in [0.717, 1.165) is 28.9 Å².